The lowest BCUT2D eigenvalue weighted by Crippen LogP contribution is -2.40. The van der Waals surface area contributed by atoms with E-state index in [4.69, 9.17) is 8.92 Å². The number of hydrogen-bond donors (Lipinski definition) is 1. The van der Waals surface area contributed by atoms with Gasteiger partial charge in [0.15, 0.2) is 0 Å². The largest absolute Gasteiger partial charge is 0.447 e. The molecule has 1 spiro atoms. The molecule has 0 radical (unpaired) electrons. The van der Waals surface area contributed by atoms with Crippen LogP contribution in [0.3, 0.4) is 0 Å². The van der Waals surface area contributed by atoms with Crippen molar-refractivity contribution in [2.45, 2.75) is 61.8 Å². The minimum atomic E-state index is -3.73. The Labute approximate surface area is 189 Å². The van der Waals surface area contributed by atoms with Gasteiger partial charge in [-0.3, -0.25) is 4.18 Å². The fraction of sp³-hybridized carbons (Fsp3) is 0.480. The molecule has 1 saturated heterocycles. The van der Waals surface area contributed by atoms with E-state index in [1.54, 1.807) is 24.3 Å². The molecule has 3 atom stereocenters. The van der Waals surface area contributed by atoms with Crippen LogP contribution in [-0.2, 0) is 31.9 Å². The number of carbonyl (C=O) groups excluding carboxylic acids is 1. The number of amides is 1. The Balaban J connectivity index is 1.21. The van der Waals surface area contributed by atoms with Gasteiger partial charge in [0.25, 0.3) is 10.1 Å². The zero-order chi connectivity index (χ0) is 22.3. The normalized spacial score (nSPS) is 27.2. The Morgan fingerprint density at radius 2 is 1.94 bits per heavy atom. The maximum atomic E-state index is 12.5. The van der Waals surface area contributed by atoms with Crippen LogP contribution >= 0.6 is 0 Å². The first-order valence-corrected chi connectivity index (χ1v) is 12.8. The summed E-state index contributed by atoms with van der Waals surface area (Å²) in [6.45, 7) is 2.61. The molecular weight excluding hydrogens is 426 g/mol. The fourth-order valence-corrected chi connectivity index (χ4v) is 6.33. The highest BCUT2D eigenvalue weighted by atomic mass is 32.2. The molecule has 2 aromatic carbocycles. The summed E-state index contributed by atoms with van der Waals surface area (Å²) in [6, 6.07) is 13.5. The van der Waals surface area contributed by atoms with Crippen molar-refractivity contribution in [3.05, 3.63) is 64.7 Å². The Morgan fingerprint density at radius 3 is 2.69 bits per heavy atom. The number of alkyl carbamates (subject to hydrolysis) is 1. The van der Waals surface area contributed by atoms with Crippen molar-refractivity contribution in [1.82, 2.24) is 5.32 Å². The Hall–Kier alpha value is -2.38. The first kappa shape index (κ1) is 21.5. The van der Waals surface area contributed by atoms with Gasteiger partial charge in [0.2, 0.25) is 0 Å². The molecule has 1 saturated carbocycles. The summed E-state index contributed by atoms with van der Waals surface area (Å²) < 4.78 is 35.5. The van der Waals surface area contributed by atoms with Crippen LogP contribution in [0.4, 0.5) is 4.79 Å². The van der Waals surface area contributed by atoms with E-state index in [0.29, 0.717) is 12.5 Å². The van der Waals surface area contributed by atoms with Gasteiger partial charge < -0.3 is 10.1 Å². The van der Waals surface area contributed by atoms with Crippen molar-refractivity contribution < 1.29 is 22.1 Å². The van der Waals surface area contributed by atoms with Crippen LogP contribution in [0.5, 0.6) is 0 Å². The van der Waals surface area contributed by atoms with Crippen LogP contribution in [-0.4, -0.2) is 33.3 Å². The topological polar surface area (TPSA) is 81.7 Å². The summed E-state index contributed by atoms with van der Waals surface area (Å²) in [5, 5.41) is 3.01. The summed E-state index contributed by atoms with van der Waals surface area (Å²) in [5.74, 6) is 0.622. The maximum absolute atomic E-state index is 12.5. The maximum Gasteiger partial charge on any atom is 0.407 e. The van der Waals surface area contributed by atoms with E-state index in [9.17, 15) is 13.2 Å². The van der Waals surface area contributed by atoms with Crippen LogP contribution < -0.4 is 5.32 Å². The third-order valence-corrected chi connectivity index (χ3v) is 8.55. The molecule has 170 valence electrons. The lowest BCUT2D eigenvalue weighted by atomic mass is 9.82. The summed E-state index contributed by atoms with van der Waals surface area (Å²) in [4.78, 5) is 11.7. The van der Waals surface area contributed by atoms with Crippen LogP contribution in [0.2, 0.25) is 0 Å². The van der Waals surface area contributed by atoms with Crippen molar-refractivity contribution >= 4 is 16.2 Å². The lowest BCUT2D eigenvalue weighted by Gasteiger charge is -2.26. The predicted octanol–water partition coefficient (Wildman–Crippen LogP) is 4.25. The van der Waals surface area contributed by atoms with E-state index in [2.05, 4.69) is 23.5 Å². The van der Waals surface area contributed by atoms with Crippen molar-refractivity contribution in [3.63, 3.8) is 0 Å². The van der Waals surface area contributed by atoms with Crippen molar-refractivity contribution in [2.24, 2.45) is 5.92 Å². The average Bonchev–Trinajstić information content (AvgIpc) is 3.37. The minimum absolute atomic E-state index is 0.189. The van der Waals surface area contributed by atoms with Gasteiger partial charge in [-0.2, -0.15) is 8.42 Å². The van der Waals surface area contributed by atoms with Gasteiger partial charge in [-0.25, -0.2) is 4.79 Å². The molecule has 1 heterocycles. The Morgan fingerprint density at radius 1 is 1.12 bits per heavy atom. The number of cyclic esters (lactones) is 1. The van der Waals surface area contributed by atoms with E-state index in [1.807, 2.05) is 6.92 Å². The number of nitrogens with one attached hydrogen (secondary N) is 1. The molecule has 0 bridgehead atoms. The van der Waals surface area contributed by atoms with E-state index >= 15 is 0 Å². The second-order valence-corrected chi connectivity index (χ2v) is 11.2. The van der Waals surface area contributed by atoms with E-state index in [-0.39, 0.29) is 29.1 Å². The highest BCUT2D eigenvalue weighted by Gasteiger charge is 2.46. The third kappa shape index (κ3) is 4.28. The molecule has 1 N–H and O–H groups in total. The molecule has 7 heteroatoms. The molecular formula is C25H29NO5S. The predicted molar refractivity (Wildman–Crippen MR) is 120 cm³/mol. The third-order valence-electron chi connectivity index (χ3n) is 7.26. The van der Waals surface area contributed by atoms with Gasteiger partial charge in [0.05, 0.1) is 17.0 Å². The average molecular weight is 456 g/mol. The van der Waals surface area contributed by atoms with Crippen molar-refractivity contribution in [2.75, 3.05) is 13.2 Å². The van der Waals surface area contributed by atoms with Crippen molar-refractivity contribution in [1.29, 1.82) is 0 Å². The Kier molecular flexibility index (Phi) is 5.50. The standard InChI is InChI=1S/C25H29NO5S/c1-17-2-8-23(9-3-17)32(28,29)31-15-18-4-5-20-13-21(7-6-19(20)12-18)22-10-11-25(14-22)16-30-24(27)26-25/h2-3,6-9,13,18,22H,4-5,10-12,14-16H2,1H3,(H,26,27)/t18-,22+,25-/m1/s1. The van der Waals surface area contributed by atoms with Gasteiger partial charge in [-0.15, -0.1) is 0 Å². The lowest BCUT2D eigenvalue weighted by molar-refractivity contribution is 0.172. The molecule has 1 amide bonds. The summed E-state index contributed by atoms with van der Waals surface area (Å²) >= 11 is 0. The fourth-order valence-electron chi connectivity index (χ4n) is 5.35. The van der Waals surface area contributed by atoms with Crippen LogP contribution in [0, 0.1) is 12.8 Å². The van der Waals surface area contributed by atoms with Gasteiger partial charge in [-0.1, -0.05) is 35.9 Å². The second-order valence-electron chi connectivity index (χ2n) is 9.61. The molecule has 2 aromatic rings. The number of benzene rings is 2. The highest BCUT2D eigenvalue weighted by Crippen LogP contribution is 2.43. The number of hydrogen-bond acceptors (Lipinski definition) is 5. The molecule has 32 heavy (non-hydrogen) atoms. The van der Waals surface area contributed by atoms with Gasteiger partial charge in [-0.05, 0) is 86.1 Å². The molecule has 0 unspecified atom stereocenters. The monoisotopic (exact) mass is 455 g/mol. The first-order valence-electron chi connectivity index (χ1n) is 11.3. The SMILES string of the molecule is Cc1ccc(S(=O)(=O)OC[C@@H]2CCc3cc([C@H]4CC[C@]5(COC(=O)N5)C4)ccc3C2)cc1. The number of rotatable bonds is 5. The molecule has 0 aromatic heterocycles. The summed E-state index contributed by atoms with van der Waals surface area (Å²) in [7, 11) is -3.73. The summed E-state index contributed by atoms with van der Waals surface area (Å²) in [5.41, 5.74) is 4.79. The summed E-state index contributed by atoms with van der Waals surface area (Å²) in [6.07, 6.45) is 5.31. The van der Waals surface area contributed by atoms with Crippen LogP contribution in [0.1, 0.15) is 53.9 Å². The van der Waals surface area contributed by atoms with Crippen LogP contribution in [0.25, 0.3) is 0 Å². The van der Waals surface area contributed by atoms with Gasteiger partial charge in [0.1, 0.15) is 6.61 Å². The number of fused-ring (bicyclic) bond motifs is 1. The molecule has 1 aliphatic heterocycles. The molecule has 3 aliphatic rings. The zero-order valence-electron chi connectivity index (χ0n) is 18.3. The molecule has 2 fully saturated rings. The van der Waals surface area contributed by atoms with Gasteiger partial charge in [0, 0.05) is 0 Å². The van der Waals surface area contributed by atoms with Crippen molar-refractivity contribution in [3.8, 4) is 0 Å². The molecule has 5 rings (SSSR count). The van der Waals surface area contributed by atoms with Gasteiger partial charge >= 0.3 is 6.09 Å². The molecule has 6 nitrogen and oxygen atoms in total. The van der Waals surface area contributed by atoms with E-state index < -0.39 is 10.1 Å². The first-order chi connectivity index (χ1) is 15.3. The minimum Gasteiger partial charge on any atom is -0.447 e. The van der Waals surface area contributed by atoms with E-state index in [1.165, 1.54) is 16.7 Å². The Bertz CT molecular complexity index is 1130. The smallest absolute Gasteiger partial charge is 0.407 e. The zero-order valence-corrected chi connectivity index (χ0v) is 19.1. The van der Waals surface area contributed by atoms with Crippen LogP contribution in [0.15, 0.2) is 47.4 Å². The van der Waals surface area contributed by atoms with E-state index in [0.717, 1.165) is 44.1 Å². The number of aryl methyl sites for hydroxylation is 2. The quantitative estimate of drug-likeness (QED) is 0.682. The highest BCUT2D eigenvalue weighted by molar-refractivity contribution is 7.86. The second kappa shape index (κ2) is 8.19. The number of ether oxygens (including phenoxy) is 1. The molecule has 2 aliphatic carbocycles. The number of carbonyl (C=O) groups is 1.